The molecule has 5 heteroatoms. The lowest BCUT2D eigenvalue weighted by Crippen LogP contribution is -2.26. The molecule has 0 aliphatic carbocycles. The van der Waals surface area contributed by atoms with Crippen LogP contribution in [0.25, 0.3) is 0 Å². The van der Waals surface area contributed by atoms with Gasteiger partial charge in [0.05, 0.1) is 29.1 Å². The van der Waals surface area contributed by atoms with Crippen LogP contribution in [-0.2, 0) is 17.9 Å². The van der Waals surface area contributed by atoms with E-state index in [4.69, 9.17) is 4.74 Å². The van der Waals surface area contributed by atoms with Crippen LogP contribution in [0.15, 0.2) is 4.47 Å². The van der Waals surface area contributed by atoms with Crippen LogP contribution in [0.2, 0.25) is 0 Å². The molecular formula is C12H22BrN3O. The summed E-state index contributed by atoms with van der Waals surface area (Å²) in [5.41, 5.74) is 2.14. The van der Waals surface area contributed by atoms with E-state index in [0.717, 1.165) is 35.6 Å². The molecule has 0 unspecified atom stereocenters. The van der Waals surface area contributed by atoms with Crippen molar-refractivity contribution in [3.63, 3.8) is 0 Å². The fraction of sp³-hybridized carbons (Fsp3) is 0.750. The first-order valence-corrected chi connectivity index (χ1v) is 6.88. The first-order valence-electron chi connectivity index (χ1n) is 6.09. The molecule has 0 amide bonds. The number of rotatable bonds is 7. The molecule has 4 nitrogen and oxygen atoms in total. The first-order chi connectivity index (χ1) is 8.06. The van der Waals surface area contributed by atoms with E-state index < -0.39 is 0 Å². The normalized spacial score (nSPS) is 11.4. The van der Waals surface area contributed by atoms with Crippen LogP contribution in [0.4, 0.5) is 0 Å². The molecule has 0 aliphatic rings. The lowest BCUT2D eigenvalue weighted by atomic mass is 10.4. The third-order valence-electron chi connectivity index (χ3n) is 2.49. The molecule has 0 radical (unpaired) electrons. The number of nitrogens with zero attached hydrogens (tertiary/aromatic N) is 2. The van der Waals surface area contributed by atoms with Gasteiger partial charge in [0.15, 0.2) is 0 Å². The monoisotopic (exact) mass is 303 g/mol. The third-order valence-corrected chi connectivity index (χ3v) is 3.52. The Labute approximate surface area is 112 Å². The Morgan fingerprint density at radius 1 is 1.47 bits per heavy atom. The van der Waals surface area contributed by atoms with Crippen molar-refractivity contribution >= 4 is 15.9 Å². The number of aryl methyl sites for hydroxylation is 2. The molecular weight excluding hydrogens is 282 g/mol. The summed E-state index contributed by atoms with van der Waals surface area (Å²) in [6, 6.07) is 0.508. The van der Waals surface area contributed by atoms with Crippen molar-refractivity contribution in [1.82, 2.24) is 15.1 Å². The van der Waals surface area contributed by atoms with Crippen LogP contribution in [0.5, 0.6) is 0 Å². The van der Waals surface area contributed by atoms with Gasteiger partial charge in [0.25, 0.3) is 0 Å². The predicted molar refractivity (Wildman–Crippen MR) is 73.1 cm³/mol. The molecule has 1 N–H and O–H groups in total. The molecule has 0 aliphatic heterocycles. The second-order valence-electron chi connectivity index (χ2n) is 4.32. The van der Waals surface area contributed by atoms with Gasteiger partial charge in [0, 0.05) is 19.1 Å². The summed E-state index contributed by atoms with van der Waals surface area (Å²) in [6.45, 7) is 11.4. The highest BCUT2D eigenvalue weighted by Gasteiger charge is 2.11. The maximum atomic E-state index is 5.65. The Morgan fingerprint density at radius 2 is 2.18 bits per heavy atom. The number of ether oxygens (including phenoxy) is 1. The van der Waals surface area contributed by atoms with Gasteiger partial charge in [0.1, 0.15) is 0 Å². The molecule has 0 saturated heterocycles. The van der Waals surface area contributed by atoms with E-state index in [9.17, 15) is 0 Å². The lowest BCUT2D eigenvalue weighted by Gasteiger charge is -2.09. The standard InChI is InChI=1S/C12H22BrN3O/c1-5-16-11(12(13)10(4)15-16)8-17-7-6-14-9(2)3/h9,14H,5-8H2,1-4H3. The molecule has 1 heterocycles. The maximum absolute atomic E-state index is 5.65. The van der Waals surface area contributed by atoms with Crippen molar-refractivity contribution in [3.8, 4) is 0 Å². The molecule has 0 aromatic carbocycles. The number of aromatic nitrogens is 2. The Hall–Kier alpha value is -0.390. The maximum Gasteiger partial charge on any atom is 0.0897 e. The van der Waals surface area contributed by atoms with Crippen LogP contribution >= 0.6 is 15.9 Å². The van der Waals surface area contributed by atoms with Gasteiger partial charge in [-0.2, -0.15) is 5.10 Å². The minimum atomic E-state index is 0.508. The Kier molecular flexibility index (Phi) is 6.16. The molecule has 0 bridgehead atoms. The van der Waals surface area contributed by atoms with Gasteiger partial charge in [-0.15, -0.1) is 0 Å². The van der Waals surface area contributed by atoms with Gasteiger partial charge in [0.2, 0.25) is 0 Å². The van der Waals surface area contributed by atoms with E-state index in [-0.39, 0.29) is 0 Å². The third kappa shape index (κ3) is 4.41. The van der Waals surface area contributed by atoms with Crippen LogP contribution < -0.4 is 5.32 Å². The Bertz CT molecular complexity index is 350. The average molecular weight is 304 g/mol. The zero-order valence-electron chi connectivity index (χ0n) is 11.1. The quantitative estimate of drug-likeness (QED) is 0.787. The van der Waals surface area contributed by atoms with Gasteiger partial charge in [-0.1, -0.05) is 13.8 Å². The largest absolute Gasteiger partial charge is 0.374 e. The highest BCUT2D eigenvalue weighted by Crippen LogP contribution is 2.21. The van der Waals surface area contributed by atoms with E-state index >= 15 is 0 Å². The summed E-state index contributed by atoms with van der Waals surface area (Å²) in [7, 11) is 0. The van der Waals surface area contributed by atoms with Crippen molar-refractivity contribution in [2.75, 3.05) is 13.2 Å². The van der Waals surface area contributed by atoms with Crippen LogP contribution in [0.1, 0.15) is 32.2 Å². The van der Waals surface area contributed by atoms with Crippen LogP contribution in [0.3, 0.4) is 0 Å². The fourth-order valence-corrected chi connectivity index (χ4v) is 1.99. The van der Waals surface area contributed by atoms with E-state index in [1.807, 2.05) is 11.6 Å². The SMILES string of the molecule is CCn1nc(C)c(Br)c1COCCNC(C)C. The summed E-state index contributed by atoms with van der Waals surface area (Å²) in [4.78, 5) is 0. The van der Waals surface area contributed by atoms with E-state index in [2.05, 4.69) is 47.1 Å². The minimum absolute atomic E-state index is 0.508. The van der Waals surface area contributed by atoms with Gasteiger partial charge >= 0.3 is 0 Å². The van der Waals surface area contributed by atoms with Crippen molar-refractivity contribution < 1.29 is 4.74 Å². The number of nitrogens with one attached hydrogen (secondary N) is 1. The molecule has 98 valence electrons. The second kappa shape index (κ2) is 7.13. The molecule has 0 fully saturated rings. The van der Waals surface area contributed by atoms with Gasteiger partial charge < -0.3 is 10.1 Å². The summed E-state index contributed by atoms with van der Waals surface area (Å²) in [5.74, 6) is 0. The molecule has 0 atom stereocenters. The molecule has 1 aromatic heterocycles. The van der Waals surface area contributed by atoms with Crippen molar-refractivity contribution in [2.24, 2.45) is 0 Å². The average Bonchev–Trinajstić information content (AvgIpc) is 2.55. The second-order valence-corrected chi connectivity index (χ2v) is 5.12. The van der Waals surface area contributed by atoms with Gasteiger partial charge in [-0.25, -0.2) is 0 Å². The summed E-state index contributed by atoms with van der Waals surface area (Å²) in [5, 5.41) is 7.75. The zero-order valence-corrected chi connectivity index (χ0v) is 12.7. The van der Waals surface area contributed by atoms with E-state index in [1.54, 1.807) is 0 Å². The lowest BCUT2D eigenvalue weighted by molar-refractivity contribution is 0.115. The topological polar surface area (TPSA) is 39.1 Å². The van der Waals surface area contributed by atoms with E-state index in [0.29, 0.717) is 12.6 Å². The molecule has 0 saturated carbocycles. The fourth-order valence-electron chi connectivity index (χ4n) is 1.60. The summed E-state index contributed by atoms with van der Waals surface area (Å²) < 4.78 is 8.70. The van der Waals surface area contributed by atoms with Gasteiger partial charge in [-0.3, -0.25) is 4.68 Å². The molecule has 0 spiro atoms. The smallest absolute Gasteiger partial charge is 0.0897 e. The predicted octanol–water partition coefficient (Wildman–Crippen LogP) is 2.49. The minimum Gasteiger partial charge on any atom is -0.374 e. The van der Waals surface area contributed by atoms with Crippen molar-refractivity contribution in [1.29, 1.82) is 0 Å². The molecule has 17 heavy (non-hydrogen) atoms. The number of halogens is 1. The highest BCUT2D eigenvalue weighted by molar-refractivity contribution is 9.10. The van der Waals surface area contributed by atoms with Crippen molar-refractivity contribution in [2.45, 2.75) is 46.9 Å². The first kappa shape index (κ1) is 14.7. The molecule has 1 rings (SSSR count). The summed E-state index contributed by atoms with van der Waals surface area (Å²) in [6.07, 6.45) is 0. The number of hydrogen-bond acceptors (Lipinski definition) is 3. The number of hydrogen-bond donors (Lipinski definition) is 1. The zero-order chi connectivity index (χ0) is 12.8. The highest BCUT2D eigenvalue weighted by atomic mass is 79.9. The Morgan fingerprint density at radius 3 is 2.76 bits per heavy atom. The van der Waals surface area contributed by atoms with Gasteiger partial charge in [-0.05, 0) is 29.8 Å². The van der Waals surface area contributed by atoms with Crippen LogP contribution in [-0.4, -0.2) is 29.0 Å². The Balaban J connectivity index is 2.41. The van der Waals surface area contributed by atoms with E-state index in [1.165, 1.54) is 0 Å². The van der Waals surface area contributed by atoms with Crippen LogP contribution in [0, 0.1) is 6.92 Å². The van der Waals surface area contributed by atoms with Crippen molar-refractivity contribution in [3.05, 3.63) is 15.9 Å². The summed E-state index contributed by atoms with van der Waals surface area (Å²) >= 11 is 3.56. The molecule has 1 aromatic rings.